The minimum Gasteiger partial charge on any atom is -0.423 e. The molecule has 0 atom stereocenters. The van der Waals surface area contributed by atoms with Crippen LogP contribution in [0.2, 0.25) is 0 Å². The topological polar surface area (TPSA) is 69.5 Å². The second-order valence-electron chi connectivity index (χ2n) is 4.75. The monoisotopic (exact) mass is 235 g/mol. The SMILES string of the molecule is Cc1nc(N2CCC(C)CC2)ncc1B(O)O. The van der Waals surface area contributed by atoms with Gasteiger partial charge in [-0.25, -0.2) is 9.97 Å². The lowest BCUT2D eigenvalue weighted by Gasteiger charge is -2.30. The van der Waals surface area contributed by atoms with Gasteiger partial charge in [0.05, 0.1) is 0 Å². The van der Waals surface area contributed by atoms with E-state index < -0.39 is 7.12 Å². The van der Waals surface area contributed by atoms with Crippen molar-refractivity contribution in [2.75, 3.05) is 18.0 Å². The Morgan fingerprint density at radius 3 is 2.53 bits per heavy atom. The molecule has 2 N–H and O–H groups in total. The Kier molecular flexibility index (Phi) is 3.64. The van der Waals surface area contributed by atoms with E-state index in [1.165, 1.54) is 6.20 Å². The van der Waals surface area contributed by atoms with Gasteiger partial charge in [-0.15, -0.1) is 0 Å². The second kappa shape index (κ2) is 5.02. The van der Waals surface area contributed by atoms with E-state index in [2.05, 4.69) is 21.8 Å². The number of hydrogen-bond acceptors (Lipinski definition) is 5. The highest BCUT2D eigenvalue weighted by Crippen LogP contribution is 2.19. The van der Waals surface area contributed by atoms with E-state index in [0.29, 0.717) is 17.1 Å². The summed E-state index contributed by atoms with van der Waals surface area (Å²) < 4.78 is 0. The summed E-state index contributed by atoms with van der Waals surface area (Å²) in [6.45, 7) is 5.98. The van der Waals surface area contributed by atoms with Crippen LogP contribution in [0, 0.1) is 12.8 Å². The predicted octanol–water partition coefficient (Wildman–Crippen LogP) is -0.299. The summed E-state index contributed by atoms with van der Waals surface area (Å²) in [6, 6.07) is 0. The first-order chi connectivity index (χ1) is 8.08. The average molecular weight is 235 g/mol. The summed E-state index contributed by atoms with van der Waals surface area (Å²) in [7, 11) is -1.49. The van der Waals surface area contributed by atoms with Crippen LogP contribution in [-0.2, 0) is 0 Å². The molecule has 6 heteroatoms. The van der Waals surface area contributed by atoms with Gasteiger partial charge in [-0.1, -0.05) is 6.92 Å². The minimum absolute atomic E-state index is 0.374. The average Bonchev–Trinajstić information content (AvgIpc) is 2.29. The van der Waals surface area contributed by atoms with E-state index >= 15 is 0 Å². The van der Waals surface area contributed by atoms with Crippen molar-refractivity contribution >= 4 is 18.5 Å². The van der Waals surface area contributed by atoms with Gasteiger partial charge in [-0.05, 0) is 25.7 Å². The van der Waals surface area contributed by atoms with Gasteiger partial charge in [0.1, 0.15) is 0 Å². The van der Waals surface area contributed by atoms with Crippen LogP contribution >= 0.6 is 0 Å². The zero-order valence-electron chi connectivity index (χ0n) is 10.3. The Hall–Kier alpha value is -1.14. The zero-order valence-corrected chi connectivity index (χ0v) is 10.3. The molecule has 2 heterocycles. The van der Waals surface area contributed by atoms with Crippen LogP contribution < -0.4 is 10.4 Å². The van der Waals surface area contributed by atoms with Crippen molar-refractivity contribution in [3.05, 3.63) is 11.9 Å². The number of aryl methyl sites for hydroxylation is 1. The van der Waals surface area contributed by atoms with Crippen LogP contribution in [0.4, 0.5) is 5.95 Å². The zero-order chi connectivity index (χ0) is 12.4. The first-order valence-electron chi connectivity index (χ1n) is 6.02. The number of hydrogen-bond donors (Lipinski definition) is 2. The maximum Gasteiger partial charge on any atom is 0.491 e. The molecule has 1 aromatic heterocycles. The van der Waals surface area contributed by atoms with Crippen LogP contribution in [0.3, 0.4) is 0 Å². The predicted molar refractivity (Wildman–Crippen MR) is 67.2 cm³/mol. The molecule has 92 valence electrons. The highest BCUT2D eigenvalue weighted by Gasteiger charge is 2.20. The van der Waals surface area contributed by atoms with Crippen molar-refractivity contribution in [1.29, 1.82) is 0 Å². The highest BCUT2D eigenvalue weighted by atomic mass is 16.4. The van der Waals surface area contributed by atoms with E-state index in [4.69, 9.17) is 10.0 Å². The van der Waals surface area contributed by atoms with Gasteiger partial charge in [0.15, 0.2) is 0 Å². The van der Waals surface area contributed by atoms with Crippen molar-refractivity contribution in [1.82, 2.24) is 9.97 Å². The molecule has 0 aromatic carbocycles. The van der Waals surface area contributed by atoms with Crippen molar-refractivity contribution in [2.45, 2.75) is 26.7 Å². The van der Waals surface area contributed by atoms with Gasteiger partial charge in [0, 0.05) is 30.4 Å². The Morgan fingerprint density at radius 1 is 1.35 bits per heavy atom. The summed E-state index contributed by atoms with van der Waals surface area (Å²) in [5.74, 6) is 1.46. The molecule has 2 rings (SSSR count). The lowest BCUT2D eigenvalue weighted by Crippen LogP contribution is -2.37. The Balaban J connectivity index is 2.14. The normalized spacial score (nSPS) is 17.3. The molecule has 1 aliphatic rings. The molecule has 0 aliphatic carbocycles. The van der Waals surface area contributed by atoms with Crippen molar-refractivity contribution in [3.8, 4) is 0 Å². The third-order valence-electron chi connectivity index (χ3n) is 3.35. The van der Waals surface area contributed by atoms with Gasteiger partial charge >= 0.3 is 7.12 Å². The summed E-state index contributed by atoms with van der Waals surface area (Å²) in [5.41, 5.74) is 1.00. The van der Waals surface area contributed by atoms with E-state index in [-0.39, 0.29) is 0 Å². The maximum atomic E-state index is 9.10. The van der Waals surface area contributed by atoms with Crippen LogP contribution in [-0.4, -0.2) is 40.2 Å². The largest absolute Gasteiger partial charge is 0.491 e. The van der Waals surface area contributed by atoms with Crippen molar-refractivity contribution in [3.63, 3.8) is 0 Å². The highest BCUT2D eigenvalue weighted by molar-refractivity contribution is 6.58. The molecule has 0 saturated carbocycles. The molecule has 1 fully saturated rings. The molecular formula is C11H18BN3O2. The fourth-order valence-electron chi connectivity index (χ4n) is 2.08. The third kappa shape index (κ3) is 2.76. The summed E-state index contributed by atoms with van der Waals surface area (Å²) in [5, 5.41) is 18.2. The summed E-state index contributed by atoms with van der Waals surface area (Å²) >= 11 is 0. The smallest absolute Gasteiger partial charge is 0.423 e. The van der Waals surface area contributed by atoms with Crippen LogP contribution in [0.5, 0.6) is 0 Å². The lowest BCUT2D eigenvalue weighted by atomic mass is 9.80. The van der Waals surface area contributed by atoms with Crippen LogP contribution in [0.15, 0.2) is 6.20 Å². The molecule has 0 amide bonds. The maximum absolute atomic E-state index is 9.10. The number of aromatic nitrogens is 2. The van der Waals surface area contributed by atoms with Gasteiger partial charge in [0.2, 0.25) is 5.95 Å². The molecule has 0 radical (unpaired) electrons. The van der Waals surface area contributed by atoms with E-state index in [0.717, 1.165) is 31.8 Å². The fraction of sp³-hybridized carbons (Fsp3) is 0.636. The minimum atomic E-state index is -1.49. The molecule has 0 spiro atoms. The standard InChI is InChI=1S/C11H18BN3O2/c1-8-3-5-15(6-4-8)11-13-7-10(12(16)17)9(2)14-11/h7-8,16-17H,3-6H2,1-2H3. The third-order valence-corrected chi connectivity index (χ3v) is 3.35. The molecule has 1 saturated heterocycles. The van der Waals surface area contributed by atoms with Gasteiger partial charge < -0.3 is 14.9 Å². The van der Waals surface area contributed by atoms with Gasteiger partial charge in [-0.2, -0.15) is 0 Å². The Morgan fingerprint density at radius 2 is 2.00 bits per heavy atom. The first kappa shape index (κ1) is 12.3. The Bertz CT molecular complexity index is 392. The molecule has 1 aliphatic heterocycles. The Labute approximate surface area is 102 Å². The molecular weight excluding hydrogens is 217 g/mol. The number of nitrogens with zero attached hydrogens (tertiary/aromatic N) is 3. The van der Waals surface area contributed by atoms with E-state index in [1.807, 2.05) is 0 Å². The molecule has 17 heavy (non-hydrogen) atoms. The second-order valence-corrected chi connectivity index (χ2v) is 4.75. The van der Waals surface area contributed by atoms with Crippen LogP contribution in [0.25, 0.3) is 0 Å². The number of anilines is 1. The molecule has 1 aromatic rings. The van der Waals surface area contributed by atoms with E-state index in [9.17, 15) is 0 Å². The summed E-state index contributed by atoms with van der Waals surface area (Å²) in [6.07, 6.45) is 3.82. The van der Waals surface area contributed by atoms with Crippen molar-refractivity contribution < 1.29 is 10.0 Å². The van der Waals surface area contributed by atoms with Gasteiger partial charge in [-0.3, -0.25) is 0 Å². The number of rotatable bonds is 2. The van der Waals surface area contributed by atoms with E-state index in [1.54, 1.807) is 6.92 Å². The quantitative estimate of drug-likeness (QED) is 0.689. The number of piperidine rings is 1. The summed E-state index contributed by atoms with van der Waals surface area (Å²) in [4.78, 5) is 10.7. The first-order valence-corrected chi connectivity index (χ1v) is 6.02. The molecule has 0 unspecified atom stereocenters. The van der Waals surface area contributed by atoms with Crippen LogP contribution in [0.1, 0.15) is 25.5 Å². The molecule has 5 nitrogen and oxygen atoms in total. The van der Waals surface area contributed by atoms with Gasteiger partial charge in [0.25, 0.3) is 0 Å². The van der Waals surface area contributed by atoms with Crippen molar-refractivity contribution in [2.24, 2.45) is 5.92 Å². The lowest BCUT2D eigenvalue weighted by molar-refractivity contribution is 0.424. The molecule has 0 bridgehead atoms. The fourth-order valence-corrected chi connectivity index (χ4v) is 2.08.